The molecule has 7 nitrogen and oxygen atoms in total. The third-order valence-electron chi connectivity index (χ3n) is 2.67. The lowest BCUT2D eigenvalue weighted by Gasteiger charge is -2.09. The summed E-state index contributed by atoms with van der Waals surface area (Å²) in [5.41, 5.74) is -1.49. The second kappa shape index (κ2) is 4.02. The molecule has 0 aliphatic heterocycles. The molecular formula is C11H10N2O5. The highest BCUT2D eigenvalue weighted by atomic mass is 16.5. The number of aromatic nitrogens is 2. The maximum Gasteiger partial charge on any atom is 0.422 e. The Morgan fingerprint density at radius 2 is 2.00 bits per heavy atom. The van der Waals surface area contributed by atoms with E-state index in [9.17, 15) is 14.4 Å². The van der Waals surface area contributed by atoms with Crippen LogP contribution in [-0.4, -0.2) is 27.4 Å². The van der Waals surface area contributed by atoms with Gasteiger partial charge in [0.05, 0.1) is 12.6 Å². The molecule has 0 saturated carbocycles. The van der Waals surface area contributed by atoms with Crippen LogP contribution in [0.25, 0.3) is 10.9 Å². The van der Waals surface area contributed by atoms with Crippen molar-refractivity contribution in [2.45, 2.75) is 0 Å². The topological polar surface area (TPSA) is 90.5 Å². The third kappa shape index (κ3) is 1.48. The van der Waals surface area contributed by atoms with Crippen molar-refractivity contribution in [1.82, 2.24) is 9.13 Å². The molecule has 94 valence electrons. The lowest BCUT2D eigenvalue weighted by Crippen LogP contribution is -2.42. The van der Waals surface area contributed by atoms with E-state index in [1.54, 1.807) is 12.1 Å². The summed E-state index contributed by atoms with van der Waals surface area (Å²) in [5, 5.41) is 8.96. The Bertz CT molecular complexity index is 756. The molecular weight excluding hydrogens is 240 g/mol. The maximum atomic E-state index is 12.0. The van der Waals surface area contributed by atoms with Crippen molar-refractivity contribution >= 4 is 17.0 Å². The zero-order chi connectivity index (χ0) is 13.4. The fraction of sp³-hybridized carbons (Fsp3) is 0.182. The number of carbonyl (C=O) groups is 1. The van der Waals surface area contributed by atoms with Gasteiger partial charge in [-0.3, -0.25) is 9.36 Å². The summed E-state index contributed by atoms with van der Waals surface area (Å²) in [6.07, 6.45) is -1.62. The van der Waals surface area contributed by atoms with Crippen molar-refractivity contribution in [3.63, 3.8) is 0 Å². The lowest BCUT2D eigenvalue weighted by molar-refractivity contribution is 0.193. The SMILES string of the molecule is COc1cccc2c1c(=O)n(C(=O)O)c(=O)n2C. The van der Waals surface area contributed by atoms with E-state index in [0.29, 0.717) is 5.52 Å². The van der Waals surface area contributed by atoms with Gasteiger partial charge in [0.1, 0.15) is 11.1 Å². The predicted octanol–water partition coefficient (Wildman–Crippen LogP) is 0.235. The fourth-order valence-corrected chi connectivity index (χ4v) is 1.80. The number of nitrogens with zero attached hydrogens (tertiary/aromatic N) is 2. The second-order valence-electron chi connectivity index (χ2n) is 3.62. The Kier molecular flexibility index (Phi) is 2.66. The van der Waals surface area contributed by atoms with Crippen LogP contribution >= 0.6 is 0 Å². The summed E-state index contributed by atoms with van der Waals surface area (Å²) in [4.78, 5) is 34.7. The molecule has 0 unspecified atom stereocenters. The molecule has 1 N–H and O–H groups in total. The van der Waals surface area contributed by atoms with Gasteiger partial charge < -0.3 is 9.84 Å². The average Bonchev–Trinajstić information content (AvgIpc) is 2.34. The van der Waals surface area contributed by atoms with Crippen molar-refractivity contribution in [1.29, 1.82) is 0 Å². The van der Waals surface area contributed by atoms with Gasteiger partial charge in [-0.25, -0.2) is 9.59 Å². The molecule has 7 heteroatoms. The van der Waals surface area contributed by atoms with E-state index in [4.69, 9.17) is 9.84 Å². The molecule has 18 heavy (non-hydrogen) atoms. The highest BCUT2D eigenvalue weighted by molar-refractivity contribution is 5.86. The molecule has 1 heterocycles. The Morgan fingerprint density at radius 3 is 2.56 bits per heavy atom. The molecule has 1 aromatic heterocycles. The van der Waals surface area contributed by atoms with E-state index in [0.717, 1.165) is 4.57 Å². The van der Waals surface area contributed by atoms with Crippen molar-refractivity contribution in [2.24, 2.45) is 7.05 Å². The van der Waals surface area contributed by atoms with E-state index in [1.807, 2.05) is 0 Å². The maximum absolute atomic E-state index is 12.0. The fourth-order valence-electron chi connectivity index (χ4n) is 1.80. The lowest BCUT2D eigenvalue weighted by atomic mass is 10.2. The minimum atomic E-state index is -1.62. The van der Waals surface area contributed by atoms with E-state index in [2.05, 4.69) is 0 Å². The Labute approximate surface area is 100 Å². The third-order valence-corrected chi connectivity index (χ3v) is 2.67. The molecule has 0 saturated heterocycles. The molecule has 0 spiro atoms. The van der Waals surface area contributed by atoms with E-state index in [1.165, 1.54) is 20.2 Å². The molecule has 1 aromatic carbocycles. The standard InChI is InChI=1S/C11H10N2O5/c1-12-6-4-3-5-7(18-2)8(6)9(14)13(10(12)15)11(16)17/h3-5H,1-2H3,(H,16,17). The number of aryl methyl sites for hydroxylation is 1. The van der Waals surface area contributed by atoms with Crippen LogP contribution in [0.3, 0.4) is 0 Å². The first-order valence-electron chi connectivity index (χ1n) is 5.01. The number of hydrogen-bond acceptors (Lipinski definition) is 4. The minimum Gasteiger partial charge on any atom is -0.496 e. The van der Waals surface area contributed by atoms with Gasteiger partial charge in [-0.15, -0.1) is 0 Å². The molecule has 0 aliphatic rings. The normalized spacial score (nSPS) is 10.6. The largest absolute Gasteiger partial charge is 0.496 e. The van der Waals surface area contributed by atoms with Crippen LogP contribution in [0.2, 0.25) is 0 Å². The van der Waals surface area contributed by atoms with Crippen LogP contribution in [0.1, 0.15) is 0 Å². The Hall–Kier alpha value is -2.57. The van der Waals surface area contributed by atoms with E-state index in [-0.39, 0.29) is 15.7 Å². The highest BCUT2D eigenvalue weighted by Crippen LogP contribution is 2.20. The molecule has 0 fully saturated rings. The monoisotopic (exact) mass is 250 g/mol. The number of methoxy groups -OCH3 is 1. The van der Waals surface area contributed by atoms with Crippen LogP contribution in [-0.2, 0) is 7.05 Å². The number of ether oxygens (including phenoxy) is 1. The summed E-state index contributed by atoms with van der Waals surface area (Å²) in [6.45, 7) is 0. The predicted molar refractivity (Wildman–Crippen MR) is 63.4 cm³/mol. The molecule has 2 aromatic rings. The Morgan fingerprint density at radius 1 is 1.33 bits per heavy atom. The summed E-state index contributed by atoms with van der Waals surface area (Å²) in [5.74, 6) is 0.225. The van der Waals surface area contributed by atoms with Gasteiger partial charge in [0.2, 0.25) is 0 Å². The van der Waals surface area contributed by atoms with Crippen molar-refractivity contribution in [2.75, 3.05) is 7.11 Å². The first-order valence-corrected chi connectivity index (χ1v) is 5.01. The zero-order valence-corrected chi connectivity index (χ0v) is 9.71. The first kappa shape index (κ1) is 11.9. The number of rotatable bonds is 1. The Balaban J connectivity index is 3.15. The molecule has 0 amide bonds. The number of benzene rings is 1. The van der Waals surface area contributed by atoms with Crippen LogP contribution in [0.5, 0.6) is 5.75 Å². The molecule has 2 rings (SSSR count). The number of hydrogen-bond donors (Lipinski definition) is 1. The van der Waals surface area contributed by atoms with Crippen molar-refractivity contribution < 1.29 is 14.6 Å². The van der Waals surface area contributed by atoms with Gasteiger partial charge in [0, 0.05) is 7.05 Å². The second-order valence-corrected chi connectivity index (χ2v) is 3.62. The van der Waals surface area contributed by atoms with Gasteiger partial charge >= 0.3 is 11.8 Å². The van der Waals surface area contributed by atoms with Crippen LogP contribution in [0.15, 0.2) is 27.8 Å². The zero-order valence-electron chi connectivity index (χ0n) is 9.71. The highest BCUT2D eigenvalue weighted by Gasteiger charge is 2.18. The average molecular weight is 250 g/mol. The molecule has 0 aliphatic carbocycles. The van der Waals surface area contributed by atoms with Crippen LogP contribution in [0.4, 0.5) is 4.79 Å². The molecule has 0 radical (unpaired) electrons. The molecule has 0 bridgehead atoms. The van der Waals surface area contributed by atoms with Crippen LogP contribution in [0, 0.1) is 0 Å². The van der Waals surface area contributed by atoms with Crippen molar-refractivity contribution in [3.05, 3.63) is 39.0 Å². The van der Waals surface area contributed by atoms with Gasteiger partial charge in [-0.1, -0.05) is 6.07 Å². The van der Waals surface area contributed by atoms with Crippen molar-refractivity contribution in [3.8, 4) is 5.75 Å². The van der Waals surface area contributed by atoms with Gasteiger partial charge in [0.15, 0.2) is 0 Å². The van der Waals surface area contributed by atoms with E-state index >= 15 is 0 Å². The summed E-state index contributed by atoms with van der Waals surface area (Å²) in [6, 6.07) is 4.69. The van der Waals surface area contributed by atoms with E-state index < -0.39 is 17.3 Å². The first-order chi connectivity index (χ1) is 8.49. The van der Waals surface area contributed by atoms with Crippen LogP contribution < -0.4 is 16.0 Å². The number of carboxylic acid groups (broad SMARTS) is 1. The molecule has 0 atom stereocenters. The number of fused-ring (bicyclic) bond motifs is 1. The minimum absolute atomic E-state index is 0.0597. The summed E-state index contributed by atoms with van der Waals surface area (Å²) < 4.78 is 6.26. The smallest absolute Gasteiger partial charge is 0.422 e. The quantitative estimate of drug-likeness (QED) is 0.782. The summed E-state index contributed by atoms with van der Waals surface area (Å²) in [7, 11) is 2.76. The van der Waals surface area contributed by atoms with Gasteiger partial charge in [-0.05, 0) is 12.1 Å². The summed E-state index contributed by atoms with van der Waals surface area (Å²) >= 11 is 0. The van der Waals surface area contributed by atoms with Gasteiger partial charge in [-0.2, -0.15) is 4.57 Å². The van der Waals surface area contributed by atoms with Gasteiger partial charge in [0.25, 0.3) is 5.56 Å².